The summed E-state index contributed by atoms with van der Waals surface area (Å²) in [7, 11) is -3.97. The average molecular weight is 331 g/mol. The van der Waals surface area contributed by atoms with Gasteiger partial charge in [0, 0.05) is 19.0 Å². The maximum atomic E-state index is 13.7. The van der Waals surface area contributed by atoms with Gasteiger partial charge in [-0.05, 0) is 18.6 Å². The third-order valence-electron chi connectivity index (χ3n) is 3.12. The minimum Gasteiger partial charge on any atom is -0.389 e. The molecular formula is C12H14FN3O3S2. The monoisotopic (exact) mass is 331 g/mol. The van der Waals surface area contributed by atoms with Crippen LogP contribution in [0.4, 0.5) is 4.39 Å². The van der Waals surface area contributed by atoms with Crippen molar-refractivity contribution in [2.75, 3.05) is 6.54 Å². The van der Waals surface area contributed by atoms with Crippen molar-refractivity contribution in [2.24, 2.45) is 5.73 Å². The van der Waals surface area contributed by atoms with Gasteiger partial charge in [-0.2, -0.15) is 0 Å². The number of carbonyl (C=O) groups excluding carboxylic acids is 1. The van der Waals surface area contributed by atoms with E-state index in [1.54, 1.807) is 0 Å². The van der Waals surface area contributed by atoms with Crippen LogP contribution < -0.4 is 15.8 Å². The van der Waals surface area contributed by atoms with E-state index in [0.29, 0.717) is 12.8 Å². The molecule has 1 aromatic rings. The highest BCUT2D eigenvalue weighted by atomic mass is 32.2. The number of benzene rings is 1. The van der Waals surface area contributed by atoms with Gasteiger partial charge in [-0.1, -0.05) is 18.3 Å². The first-order chi connectivity index (χ1) is 9.81. The van der Waals surface area contributed by atoms with Gasteiger partial charge in [0.1, 0.15) is 10.8 Å². The Morgan fingerprint density at radius 1 is 1.52 bits per heavy atom. The number of carbonyl (C=O) groups is 1. The molecule has 0 bridgehead atoms. The molecule has 21 heavy (non-hydrogen) atoms. The van der Waals surface area contributed by atoms with E-state index in [-0.39, 0.29) is 33.9 Å². The molecule has 2 rings (SSSR count). The number of rotatable bonds is 5. The molecule has 1 aliphatic heterocycles. The van der Waals surface area contributed by atoms with Crippen LogP contribution in [-0.2, 0) is 14.8 Å². The van der Waals surface area contributed by atoms with Crippen LogP contribution >= 0.6 is 12.2 Å². The molecule has 0 aliphatic carbocycles. The molecule has 1 fully saturated rings. The van der Waals surface area contributed by atoms with E-state index in [4.69, 9.17) is 18.0 Å². The summed E-state index contributed by atoms with van der Waals surface area (Å²) in [6, 6.07) is 3.31. The topological polar surface area (TPSA) is 101 Å². The molecule has 1 atom stereocenters. The molecule has 4 N–H and O–H groups in total. The fraction of sp³-hybridized carbons (Fsp3) is 0.333. The van der Waals surface area contributed by atoms with Gasteiger partial charge in [0.05, 0.1) is 10.5 Å². The Morgan fingerprint density at radius 3 is 2.81 bits per heavy atom. The molecule has 0 saturated carbocycles. The highest BCUT2D eigenvalue weighted by molar-refractivity contribution is 7.89. The fourth-order valence-corrected chi connectivity index (χ4v) is 3.67. The Labute approximate surface area is 127 Å². The van der Waals surface area contributed by atoms with E-state index in [2.05, 4.69) is 10.0 Å². The summed E-state index contributed by atoms with van der Waals surface area (Å²) in [4.78, 5) is 10.4. The second-order valence-electron chi connectivity index (χ2n) is 4.63. The van der Waals surface area contributed by atoms with Crippen molar-refractivity contribution < 1.29 is 17.6 Å². The van der Waals surface area contributed by atoms with E-state index in [9.17, 15) is 17.6 Å². The molecule has 9 heteroatoms. The van der Waals surface area contributed by atoms with Gasteiger partial charge in [-0.25, -0.2) is 17.5 Å². The molecule has 1 heterocycles. The van der Waals surface area contributed by atoms with E-state index in [1.165, 1.54) is 12.1 Å². The Hall–Kier alpha value is -1.58. The molecule has 1 aromatic carbocycles. The van der Waals surface area contributed by atoms with Gasteiger partial charge in [-0.3, -0.25) is 4.79 Å². The number of halogens is 1. The standard InChI is InChI=1S/C12H14FN3O3S2/c13-8-2-1-3-9(11(8)12(14)20)21(18,19)15-6-7-4-5-10(17)16-7/h1-3,7,15H,4-6H2,(H2,14,20)(H,16,17). The predicted molar refractivity (Wildman–Crippen MR) is 78.6 cm³/mol. The normalized spacial score (nSPS) is 18.5. The maximum absolute atomic E-state index is 13.7. The van der Waals surface area contributed by atoms with Gasteiger partial charge in [0.2, 0.25) is 15.9 Å². The minimum atomic E-state index is -3.97. The largest absolute Gasteiger partial charge is 0.389 e. The second-order valence-corrected chi connectivity index (χ2v) is 6.81. The quantitative estimate of drug-likeness (QED) is 0.660. The minimum absolute atomic E-state index is 0.0291. The van der Waals surface area contributed by atoms with Crippen LogP contribution in [0.15, 0.2) is 23.1 Å². The van der Waals surface area contributed by atoms with Gasteiger partial charge in [0.15, 0.2) is 0 Å². The Morgan fingerprint density at radius 2 is 2.24 bits per heavy atom. The van der Waals surface area contributed by atoms with Crippen LogP contribution in [0.1, 0.15) is 18.4 Å². The lowest BCUT2D eigenvalue weighted by molar-refractivity contribution is -0.119. The Balaban J connectivity index is 2.22. The average Bonchev–Trinajstić information content (AvgIpc) is 2.82. The highest BCUT2D eigenvalue weighted by Gasteiger charge is 2.26. The Kier molecular flexibility index (Phi) is 4.55. The summed E-state index contributed by atoms with van der Waals surface area (Å²) < 4.78 is 40.5. The SMILES string of the molecule is NC(=S)c1c(F)cccc1S(=O)(=O)NCC1CCC(=O)N1. The van der Waals surface area contributed by atoms with E-state index < -0.39 is 15.8 Å². The first kappa shape index (κ1) is 15.8. The van der Waals surface area contributed by atoms with E-state index in [1.807, 2.05) is 0 Å². The lowest BCUT2D eigenvalue weighted by atomic mass is 10.2. The molecule has 1 saturated heterocycles. The van der Waals surface area contributed by atoms with Crippen molar-refractivity contribution >= 4 is 33.1 Å². The number of amides is 1. The zero-order valence-electron chi connectivity index (χ0n) is 10.9. The van der Waals surface area contributed by atoms with Crippen LogP contribution in [0.2, 0.25) is 0 Å². The van der Waals surface area contributed by atoms with Crippen molar-refractivity contribution in [3.05, 3.63) is 29.6 Å². The van der Waals surface area contributed by atoms with Crippen LogP contribution in [0.25, 0.3) is 0 Å². The summed E-state index contributed by atoms with van der Waals surface area (Å²) in [5.74, 6) is -0.909. The van der Waals surface area contributed by atoms with Crippen molar-refractivity contribution in [1.29, 1.82) is 0 Å². The molecule has 0 spiro atoms. The molecule has 1 unspecified atom stereocenters. The van der Waals surface area contributed by atoms with Crippen LogP contribution in [0, 0.1) is 5.82 Å². The number of nitrogens with two attached hydrogens (primary N) is 1. The fourth-order valence-electron chi connectivity index (χ4n) is 2.09. The van der Waals surface area contributed by atoms with Crippen LogP contribution in [0.5, 0.6) is 0 Å². The van der Waals surface area contributed by atoms with Crippen molar-refractivity contribution in [2.45, 2.75) is 23.8 Å². The van der Waals surface area contributed by atoms with Crippen LogP contribution in [0.3, 0.4) is 0 Å². The van der Waals surface area contributed by atoms with Crippen molar-refractivity contribution in [3.63, 3.8) is 0 Å². The summed E-state index contributed by atoms with van der Waals surface area (Å²) in [5, 5.41) is 2.64. The number of nitrogens with one attached hydrogen (secondary N) is 2. The molecule has 0 radical (unpaired) electrons. The van der Waals surface area contributed by atoms with Gasteiger partial charge >= 0.3 is 0 Å². The van der Waals surface area contributed by atoms with Gasteiger partial charge in [0.25, 0.3) is 0 Å². The number of hydrogen-bond donors (Lipinski definition) is 3. The predicted octanol–water partition coefficient (Wildman–Crippen LogP) is 0.0168. The summed E-state index contributed by atoms with van der Waals surface area (Å²) in [5.41, 5.74) is 5.08. The van der Waals surface area contributed by atoms with Crippen LogP contribution in [-0.4, -0.2) is 31.9 Å². The van der Waals surface area contributed by atoms with E-state index >= 15 is 0 Å². The summed E-state index contributed by atoms with van der Waals surface area (Å²) >= 11 is 4.70. The number of sulfonamides is 1. The number of thiocarbonyl (C=S) groups is 1. The second kappa shape index (κ2) is 6.04. The Bertz CT molecular complexity index is 691. The van der Waals surface area contributed by atoms with E-state index in [0.717, 1.165) is 6.07 Å². The maximum Gasteiger partial charge on any atom is 0.241 e. The van der Waals surface area contributed by atoms with Crippen molar-refractivity contribution in [1.82, 2.24) is 10.0 Å². The van der Waals surface area contributed by atoms with Crippen molar-refractivity contribution in [3.8, 4) is 0 Å². The smallest absolute Gasteiger partial charge is 0.241 e. The third-order valence-corrected chi connectivity index (χ3v) is 4.79. The molecule has 1 amide bonds. The lowest BCUT2D eigenvalue weighted by Crippen LogP contribution is -2.39. The first-order valence-electron chi connectivity index (χ1n) is 6.18. The van der Waals surface area contributed by atoms with Gasteiger partial charge < -0.3 is 11.1 Å². The lowest BCUT2D eigenvalue weighted by Gasteiger charge is -2.14. The third kappa shape index (κ3) is 3.55. The zero-order valence-corrected chi connectivity index (χ0v) is 12.6. The molecule has 0 aromatic heterocycles. The molecular weight excluding hydrogens is 317 g/mol. The number of hydrogen-bond acceptors (Lipinski definition) is 4. The zero-order chi connectivity index (χ0) is 15.6. The first-order valence-corrected chi connectivity index (χ1v) is 8.08. The molecule has 1 aliphatic rings. The molecule has 114 valence electrons. The highest BCUT2D eigenvalue weighted by Crippen LogP contribution is 2.19. The van der Waals surface area contributed by atoms with Gasteiger partial charge in [-0.15, -0.1) is 0 Å². The summed E-state index contributed by atoms with van der Waals surface area (Å²) in [6.45, 7) is 0.0291. The molecule has 6 nitrogen and oxygen atoms in total. The summed E-state index contributed by atoms with van der Waals surface area (Å²) in [6.07, 6.45) is 0.914.